The number of nitrogens with zero attached hydrogens (tertiary/aromatic N) is 1. The molecule has 1 aromatic rings. The van der Waals surface area contributed by atoms with Crippen LogP contribution in [-0.4, -0.2) is 35.2 Å². The Bertz CT molecular complexity index is 801. The number of anilines is 1. The second-order valence-corrected chi connectivity index (χ2v) is 5.85. The van der Waals surface area contributed by atoms with E-state index in [2.05, 4.69) is 16.0 Å². The summed E-state index contributed by atoms with van der Waals surface area (Å²) in [5.74, 6) is -1.11. The zero-order valence-corrected chi connectivity index (χ0v) is 13.2. The van der Waals surface area contributed by atoms with E-state index < -0.39 is 17.5 Å². The van der Waals surface area contributed by atoms with Crippen molar-refractivity contribution < 1.29 is 19.2 Å². The Morgan fingerprint density at radius 3 is 2.62 bits per heavy atom. The van der Waals surface area contributed by atoms with Crippen LogP contribution in [0.3, 0.4) is 0 Å². The predicted molar refractivity (Wildman–Crippen MR) is 84.6 cm³/mol. The standard InChI is InChI=1S/C16H16N4O4/c1-9(21)20-8-12(7-13(20)22)17-11-5-3-4-10(6-11)16(2)14(23)18-15(24)19-16/h3-7,17H,8H2,1-2H3,(H2,18,19,23,24). The molecule has 1 fully saturated rings. The van der Waals surface area contributed by atoms with Gasteiger partial charge >= 0.3 is 6.03 Å². The van der Waals surface area contributed by atoms with Gasteiger partial charge in [-0.3, -0.25) is 24.6 Å². The summed E-state index contributed by atoms with van der Waals surface area (Å²) in [4.78, 5) is 47.6. The number of imide groups is 2. The number of hydrogen-bond donors (Lipinski definition) is 3. The summed E-state index contributed by atoms with van der Waals surface area (Å²) in [7, 11) is 0. The highest BCUT2D eigenvalue weighted by molar-refractivity contribution is 6.07. The normalized spacial score (nSPS) is 23.0. The number of rotatable bonds is 3. The Labute approximate surface area is 137 Å². The summed E-state index contributed by atoms with van der Waals surface area (Å²) < 4.78 is 0. The number of hydrogen-bond acceptors (Lipinski definition) is 5. The lowest BCUT2D eigenvalue weighted by Crippen LogP contribution is -2.40. The van der Waals surface area contributed by atoms with Crippen LogP contribution in [0.15, 0.2) is 36.0 Å². The van der Waals surface area contributed by atoms with Gasteiger partial charge in [0.15, 0.2) is 0 Å². The van der Waals surface area contributed by atoms with Gasteiger partial charge in [-0.1, -0.05) is 12.1 Å². The summed E-state index contributed by atoms with van der Waals surface area (Å²) in [5, 5.41) is 7.88. The highest BCUT2D eigenvalue weighted by Crippen LogP contribution is 2.27. The van der Waals surface area contributed by atoms with Gasteiger partial charge in [-0.05, 0) is 24.6 Å². The van der Waals surface area contributed by atoms with Crippen LogP contribution < -0.4 is 16.0 Å². The Morgan fingerprint density at radius 1 is 1.29 bits per heavy atom. The fraction of sp³-hybridized carbons (Fsp3) is 0.250. The van der Waals surface area contributed by atoms with Gasteiger partial charge in [0.2, 0.25) is 5.91 Å². The van der Waals surface area contributed by atoms with E-state index >= 15 is 0 Å². The number of amides is 5. The molecule has 1 atom stereocenters. The summed E-state index contributed by atoms with van der Waals surface area (Å²) in [6, 6.07) is 6.41. The molecule has 2 heterocycles. The predicted octanol–water partition coefficient (Wildman–Crippen LogP) is 0.426. The molecule has 8 nitrogen and oxygen atoms in total. The molecule has 1 saturated heterocycles. The highest BCUT2D eigenvalue weighted by atomic mass is 16.2. The van der Waals surface area contributed by atoms with Crippen LogP contribution in [0, 0.1) is 0 Å². The first kappa shape index (κ1) is 15.7. The number of nitrogens with one attached hydrogen (secondary N) is 3. The number of carbonyl (C=O) groups is 4. The van der Waals surface area contributed by atoms with Gasteiger partial charge < -0.3 is 10.6 Å². The minimum Gasteiger partial charge on any atom is -0.357 e. The summed E-state index contributed by atoms with van der Waals surface area (Å²) in [6.45, 7) is 3.12. The van der Waals surface area contributed by atoms with Crippen LogP contribution in [0.5, 0.6) is 0 Å². The topological polar surface area (TPSA) is 108 Å². The van der Waals surface area contributed by atoms with Crippen LogP contribution in [-0.2, 0) is 19.9 Å². The van der Waals surface area contributed by atoms with E-state index in [4.69, 9.17) is 0 Å². The molecule has 0 spiro atoms. The van der Waals surface area contributed by atoms with Crippen molar-refractivity contribution in [3.63, 3.8) is 0 Å². The van der Waals surface area contributed by atoms with E-state index in [-0.39, 0.29) is 18.4 Å². The smallest absolute Gasteiger partial charge is 0.322 e. The Morgan fingerprint density at radius 2 is 2.04 bits per heavy atom. The summed E-state index contributed by atoms with van der Waals surface area (Å²) in [6.07, 6.45) is 1.36. The van der Waals surface area contributed by atoms with Gasteiger partial charge in [0.1, 0.15) is 5.54 Å². The fourth-order valence-electron chi connectivity index (χ4n) is 2.70. The number of benzene rings is 1. The Balaban J connectivity index is 1.81. The number of carbonyl (C=O) groups excluding carboxylic acids is 4. The third kappa shape index (κ3) is 2.62. The first-order valence-corrected chi connectivity index (χ1v) is 7.33. The van der Waals surface area contributed by atoms with E-state index in [0.717, 1.165) is 4.90 Å². The maximum atomic E-state index is 12.0. The molecule has 1 aromatic carbocycles. The van der Waals surface area contributed by atoms with Crippen LogP contribution in [0.2, 0.25) is 0 Å². The molecule has 24 heavy (non-hydrogen) atoms. The lowest BCUT2D eigenvalue weighted by atomic mass is 9.92. The third-order valence-electron chi connectivity index (χ3n) is 4.06. The SMILES string of the molecule is CC(=O)N1CC(Nc2cccc(C3(C)NC(=O)NC3=O)c2)=CC1=O. The molecule has 2 aliphatic rings. The lowest BCUT2D eigenvalue weighted by molar-refractivity contribution is -0.138. The second kappa shape index (κ2) is 5.48. The molecule has 2 aliphatic heterocycles. The molecule has 0 aromatic heterocycles. The molecule has 0 radical (unpaired) electrons. The fourth-order valence-corrected chi connectivity index (χ4v) is 2.70. The van der Waals surface area contributed by atoms with Crippen molar-refractivity contribution in [3.05, 3.63) is 41.6 Å². The van der Waals surface area contributed by atoms with Crippen LogP contribution in [0.1, 0.15) is 19.4 Å². The van der Waals surface area contributed by atoms with Crippen molar-refractivity contribution >= 4 is 29.4 Å². The average molecular weight is 328 g/mol. The van der Waals surface area contributed by atoms with Crippen molar-refractivity contribution in [3.8, 4) is 0 Å². The van der Waals surface area contributed by atoms with Gasteiger partial charge in [0, 0.05) is 24.4 Å². The Kier molecular flexibility index (Phi) is 3.59. The lowest BCUT2D eigenvalue weighted by Gasteiger charge is -2.22. The molecular formula is C16H16N4O4. The van der Waals surface area contributed by atoms with Crippen molar-refractivity contribution in [1.82, 2.24) is 15.5 Å². The van der Waals surface area contributed by atoms with Crippen molar-refractivity contribution in [2.45, 2.75) is 19.4 Å². The van der Waals surface area contributed by atoms with Crippen LogP contribution in [0.4, 0.5) is 10.5 Å². The van der Waals surface area contributed by atoms with Gasteiger partial charge in [-0.2, -0.15) is 0 Å². The van der Waals surface area contributed by atoms with E-state index in [1.54, 1.807) is 31.2 Å². The maximum absolute atomic E-state index is 12.0. The largest absolute Gasteiger partial charge is 0.357 e. The van der Waals surface area contributed by atoms with Crippen molar-refractivity contribution in [2.75, 3.05) is 11.9 Å². The number of urea groups is 1. The zero-order valence-electron chi connectivity index (χ0n) is 13.2. The summed E-state index contributed by atoms with van der Waals surface area (Å²) >= 11 is 0. The monoisotopic (exact) mass is 328 g/mol. The third-order valence-corrected chi connectivity index (χ3v) is 4.06. The van der Waals surface area contributed by atoms with Gasteiger partial charge in [-0.25, -0.2) is 4.79 Å². The van der Waals surface area contributed by atoms with Gasteiger partial charge in [-0.15, -0.1) is 0 Å². The molecule has 1 unspecified atom stereocenters. The molecule has 3 rings (SSSR count). The highest BCUT2D eigenvalue weighted by Gasteiger charge is 2.43. The molecule has 0 saturated carbocycles. The van der Waals surface area contributed by atoms with E-state index in [1.807, 2.05) is 0 Å². The van der Waals surface area contributed by atoms with E-state index in [9.17, 15) is 19.2 Å². The van der Waals surface area contributed by atoms with Crippen LogP contribution >= 0.6 is 0 Å². The average Bonchev–Trinajstić information content (AvgIpc) is 2.99. The van der Waals surface area contributed by atoms with Crippen LogP contribution in [0.25, 0.3) is 0 Å². The molecule has 0 bridgehead atoms. The minimum absolute atomic E-state index is 0.173. The maximum Gasteiger partial charge on any atom is 0.322 e. The molecule has 5 amide bonds. The molecule has 8 heteroatoms. The minimum atomic E-state index is -1.15. The molecular weight excluding hydrogens is 312 g/mol. The first-order chi connectivity index (χ1) is 11.3. The molecule has 0 aliphatic carbocycles. The molecule has 3 N–H and O–H groups in total. The second-order valence-electron chi connectivity index (χ2n) is 5.85. The van der Waals surface area contributed by atoms with Gasteiger partial charge in [0.25, 0.3) is 11.8 Å². The molecule has 124 valence electrons. The first-order valence-electron chi connectivity index (χ1n) is 7.33. The van der Waals surface area contributed by atoms with Crippen molar-refractivity contribution in [2.24, 2.45) is 0 Å². The van der Waals surface area contributed by atoms with E-state index in [1.165, 1.54) is 13.0 Å². The van der Waals surface area contributed by atoms with Gasteiger partial charge in [0.05, 0.1) is 6.54 Å². The summed E-state index contributed by atoms with van der Waals surface area (Å²) in [5.41, 5.74) is 0.675. The van der Waals surface area contributed by atoms with E-state index in [0.29, 0.717) is 16.9 Å². The van der Waals surface area contributed by atoms with Crippen molar-refractivity contribution in [1.29, 1.82) is 0 Å². The zero-order chi connectivity index (χ0) is 17.5. The quantitative estimate of drug-likeness (QED) is 0.697. The Hall–Kier alpha value is -3.16.